The summed E-state index contributed by atoms with van der Waals surface area (Å²) in [7, 11) is 0. The van der Waals surface area contributed by atoms with Gasteiger partial charge in [-0.05, 0) is 25.0 Å². The Morgan fingerprint density at radius 3 is 2.94 bits per heavy atom. The molecule has 2 atom stereocenters. The van der Waals surface area contributed by atoms with Gasteiger partial charge in [-0.3, -0.25) is 4.98 Å². The molecule has 0 bridgehead atoms. The minimum atomic E-state index is 0.0587. The smallest absolute Gasteiger partial charge is 0.101 e. The molecule has 88 valence electrons. The van der Waals surface area contributed by atoms with E-state index in [1.165, 1.54) is 0 Å². The first kappa shape index (κ1) is 10.7. The fourth-order valence-electron chi connectivity index (χ4n) is 2.29. The topological polar surface area (TPSA) is 48.1 Å². The third kappa shape index (κ3) is 2.16. The molecule has 2 unspecified atom stereocenters. The number of aromatic nitrogens is 1. The normalized spacial score (nSPS) is 25.0. The van der Waals surface area contributed by atoms with Gasteiger partial charge in [0.05, 0.1) is 11.2 Å². The number of ether oxygens (including phenoxy) is 1. The molecule has 3 heteroatoms. The van der Waals surface area contributed by atoms with E-state index < -0.39 is 0 Å². The van der Waals surface area contributed by atoms with E-state index in [-0.39, 0.29) is 12.1 Å². The van der Waals surface area contributed by atoms with Crippen LogP contribution in [0, 0.1) is 0 Å². The van der Waals surface area contributed by atoms with Gasteiger partial charge in [-0.2, -0.15) is 0 Å². The molecule has 0 aliphatic carbocycles. The molecular formula is C14H16N2O. The molecule has 1 aliphatic rings. The highest BCUT2D eigenvalue weighted by Gasteiger charge is 2.22. The quantitative estimate of drug-likeness (QED) is 0.815. The van der Waals surface area contributed by atoms with Crippen molar-refractivity contribution in [2.45, 2.75) is 25.0 Å². The van der Waals surface area contributed by atoms with Crippen molar-refractivity contribution in [1.82, 2.24) is 4.98 Å². The Balaban J connectivity index is 1.94. The lowest BCUT2D eigenvalue weighted by Crippen LogP contribution is -2.30. The number of pyridine rings is 1. The fraction of sp³-hybridized carbons (Fsp3) is 0.357. The van der Waals surface area contributed by atoms with E-state index in [0.717, 1.165) is 36.0 Å². The summed E-state index contributed by atoms with van der Waals surface area (Å²) in [4.78, 5) is 4.65. The Labute approximate surface area is 101 Å². The van der Waals surface area contributed by atoms with Crippen molar-refractivity contribution < 1.29 is 4.74 Å². The molecule has 0 radical (unpaired) electrons. The molecule has 0 spiro atoms. The predicted molar refractivity (Wildman–Crippen MR) is 67.6 cm³/mol. The van der Waals surface area contributed by atoms with E-state index in [0.29, 0.717) is 0 Å². The van der Waals surface area contributed by atoms with Crippen molar-refractivity contribution in [3.8, 4) is 0 Å². The van der Waals surface area contributed by atoms with Crippen molar-refractivity contribution in [2.75, 3.05) is 6.61 Å². The van der Waals surface area contributed by atoms with Crippen LogP contribution in [0.2, 0.25) is 0 Å². The highest BCUT2D eigenvalue weighted by Crippen LogP contribution is 2.27. The molecular weight excluding hydrogens is 212 g/mol. The van der Waals surface area contributed by atoms with Gasteiger partial charge in [-0.1, -0.05) is 24.3 Å². The molecule has 1 fully saturated rings. The molecule has 1 aromatic heterocycles. The second-order valence-corrected chi connectivity index (χ2v) is 4.57. The number of nitrogens with two attached hydrogens (primary N) is 1. The van der Waals surface area contributed by atoms with Gasteiger partial charge >= 0.3 is 0 Å². The molecule has 1 saturated heterocycles. The highest BCUT2D eigenvalue weighted by atomic mass is 16.5. The molecule has 0 saturated carbocycles. The van der Waals surface area contributed by atoms with Gasteiger partial charge in [-0.25, -0.2) is 0 Å². The molecule has 2 N–H and O–H groups in total. The zero-order valence-corrected chi connectivity index (χ0v) is 9.67. The maximum atomic E-state index is 5.97. The van der Waals surface area contributed by atoms with E-state index in [2.05, 4.69) is 17.1 Å². The van der Waals surface area contributed by atoms with Crippen LogP contribution in [0.1, 0.15) is 24.6 Å². The number of hydrogen-bond donors (Lipinski definition) is 1. The lowest BCUT2D eigenvalue weighted by molar-refractivity contribution is 0.00431. The fourth-order valence-corrected chi connectivity index (χ4v) is 2.29. The monoisotopic (exact) mass is 228 g/mol. The lowest BCUT2D eigenvalue weighted by Gasteiger charge is -2.26. The molecule has 0 amide bonds. The van der Waals surface area contributed by atoms with Crippen LogP contribution in [0.4, 0.5) is 0 Å². The molecule has 2 heterocycles. The number of nitrogens with zero attached hydrogens (tertiary/aromatic N) is 1. The Kier molecular flexibility index (Phi) is 2.79. The van der Waals surface area contributed by atoms with Gasteiger partial charge in [0.1, 0.15) is 6.10 Å². The molecule has 17 heavy (non-hydrogen) atoms. The highest BCUT2D eigenvalue weighted by molar-refractivity contribution is 5.78. The zero-order chi connectivity index (χ0) is 11.7. The van der Waals surface area contributed by atoms with Crippen molar-refractivity contribution in [3.63, 3.8) is 0 Å². The van der Waals surface area contributed by atoms with Gasteiger partial charge in [0.25, 0.3) is 0 Å². The van der Waals surface area contributed by atoms with Crippen LogP contribution in [0.3, 0.4) is 0 Å². The first-order chi connectivity index (χ1) is 8.33. The summed E-state index contributed by atoms with van der Waals surface area (Å²) in [6.07, 6.45) is 1.87. The van der Waals surface area contributed by atoms with Crippen LogP contribution in [0.25, 0.3) is 10.9 Å². The van der Waals surface area contributed by atoms with E-state index >= 15 is 0 Å². The van der Waals surface area contributed by atoms with Crippen LogP contribution >= 0.6 is 0 Å². The predicted octanol–water partition coefficient (Wildman–Crippen LogP) is 2.41. The Morgan fingerprint density at radius 2 is 2.06 bits per heavy atom. The zero-order valence-electron chi connectivity index (χ0n) is 9.67. The van der Waals surface area contributed by atoms with Crippen LogP contribution < -0.4 is 5.73 Å². The molecule has 1 aliphatic heterocycles. The minimum Gasteiger partial charge on any atom is -0.372 e. The van der Waals surface area contributed by atoms with Gasteiger partial charge in [-0.15, -0.1) is 0 Å². The first-order valence-electron chi connectivity index (χ1n) is 6.06. The Bertz CT molecular complexity index is 526. The number of para-hydroxylation sites is 1. The summed E-state index contributed by atoms with van der Waals surface area (Å²) in [6, 6.07) is 12.5. The van der Waals surface area contributed by atoms with Crippen LogP contribution in [0.15, 0.2) is 36.4 Å². The van der Waals surface area contributed by atoms with E-state index in [1.807, 2.05) is 24.3 Å². The molecule has 2 aromatic rings. The summed E-state index contributed by atoms with van der Waals surface area (Å²) in [6.45, 7) is 0.736. The lowest BCUT2D eigenvalue weighted by atomic mass is 10.0. The summed E-state index contributed by atoms with van der Waals surface area (Å²) < 4.78 is 5.74. The maximum absolute atomic E-state index is 5.97. The van der Waals surface area contributed by atoms with Gasteiger partial charge < -0.3 is 10.5 Å². The second kappa shape index (κ2) is 4.43. The Morgan fingerprint density at radius 1 is 1.18 bits per heavy atom. The Hall–Kier alpha value is -1.45. The largest absolute Gasteiger partial charge is 0.372 e. The average molecular weight is 228 g/mol. The van der Waals surface area contributed by atoms with Crippen molar-refractivity contribution in [2.24, 2.45) is 5.73 Å². The first-order valence-corrected chi connectivity index (χ1v) is 6.06. The third-order valence-electron chi connectivity index (χ3n) is 3.27. The van der Waals surface area contributed by atoms with Crippen LogP contribution in [0.5, 0.6) is 0 Å². The number of hydrogen-bond acceptors (Lipinski definition) is 3. The van der Waals surface area contributed by atoms with Crippen LogP contribution in [-0.4, -0.2) is 17.6 Å². The summed E-state index contributed by atoms with van der Waals surface area (Å²) in [5.74, 6) is 0. The molecule has 1 aromatic carbocycles. The van der Waals surface area contributed by atoms with Gasteiger partial charge in [0.2, 0.25) is 0 Å². The summed E-state index contributed by atoms with van der Waals surface area (Å²) >= 11 is 0. The summed E-state index contributed by atoms with van der Waals surface area (Å²) in [5.41, 5.74) is 7.99. The van der Waals surface area contributed by atoms with Crippen molar-refractivity contribution >= 4 is 10.9 Å². The molecule has 3 nitrogen and oxygen atoms in total. The number of benzene rings is 1. The van der Waals surface area contributed by atoms with Gasteiger partial charge in [0.15, 0.2) is 0 Å². The minimum absolute atomic E-state index is 0.0587. The maximum Gasteiger partial charge on any atom is 0.101 e. The van der Waals surface area contributed by atoms with Crippen molar-refractivity contribution in [1.29, 1.82) is 0 Å². The van der Waals surface area contributed by atoms with Crippen LogP contribution in [-0.2, 0) is 4.74 Å². The van der Waals surface area contributed by atoms with E-state index in [1.54, 1.807) is 0 Å². The standard InChI is InChI=1S/C14H16N2O/c15-11-7-8-17-14(9-11)13-6-5-10-3-1-2-4-12(10)16-13/h1-6,11,14H,7-9,15H2. The third-order valence-corrected chi connectivity index (χ3v) is 3.27. The number of rotatable bonds is 1. The van der Waals surface area contributed by atoms with E-state index in [4.69, 9.17) is 10.5 Å². The second-order valence-electron chi connectivity index (χ2n) is 4.57. The SMILES string of the molecule is NC1CCOC(c2ccc3ccccc3n2)C1. The van der Waals surface area contributed by atoms with E-state index in [9.17, 15) is 0 Å². The molecule has 3 rings (SSSR count). The van der Waals surface area contributed by atoms with Crippen molar-refractivity contribution in [3.05, 3.63) is 42.1 Å². The number of fused-ring (bicyclic) bond motifs is 1. The average Bonchev–Trinajstić information content (AvgIpc) is 2.38. The summed E-state index contributed by atoms with van der Waals surface area (Å²) in [5, 5.41) is 1.16. The van der Waals surface area contributed by atoms with Gasteiger partial charge in [0, 0.05) is 18.0 Å².